The molecule has 3 fully saturated rings. The molecule has 126 valence electrons. The summed E-state index contributed by atoms with van der Waals surface area (Å²) in [5.41, 5.74) is 1.33. The van der Waals surface area contributed by atoms with Crippen molar-refractivity contribution < 1.29 is 4.74 Å². The van der Waals surface area contributed by atoms with Crippen LogP contribution in [0, 0.1) is 5.92 Å². The van der Waals surface area contributed by atoms with E-state index < -0.39 is 0 Å². The van der Waals surface area contributed by atoms with Gasteiger partial charge in [0, 0.05) is 50.7 Å². The second kappa shape index (κ2) is 7.20. The average molecular weight is 315 g/mol. The lowest BCUT2D eigenvalue weighted by Crippen LogP contribution is -2.55. The number of piperidine rings is 1. The molecule has 0 radical (unpaired) electrons. The third-order valence-corrected chi connectivity index (χ3v) is 5.43. The largest absolute Gasteiger partial charge is 0.493 e. The predicted octanol–water partition coefficient (Wildman–Crippen LogP) is 2.00. The zero-order valence-corrected chi connectivity index (χ0v) is 14.0. The van der Waals surface area contributed by atoms with Crippen LogP contribution in [0.15, 0.2) is 24.3 Å². The molecule has 1 aromatic carbocycles. The van der Waals surface area contributed by atoms with Crippen molar-refractivity contribution in [3.05, 3.63) is 29.8 Å². The van der Waals surface area contributed by atoms with Crippen LogP contribution in [0.3, 0.4) is 0 Å². The Kier molecular flexibility index (Phi) is 4.83. The average Bonchev–Trinajstić information content (AvgIpc) is 3.43. The lowest BCUT2D eigenvalue weighted by atomic mass is 9.92. The van der Waals surface area contributed by atoms with Crippen molar-refractivity contribution in [2.24, 2.45) is 5.92 Å². The van der Waals surface area contributed by atoms with Gasteiger partial charge in [0.25, 0.3) is 0 Å². The number of piperazine rings is 1. The maximum Gasteiger partial charge on any atom is 0.119 e. The van der Waals surface area contributed by atoms with Gasteiger partial charge in [-0.15, -0.1) is 0 Å². The standard InChI is InChI=1S/C19H29N3O/c1-2-15(11-21-17-5-6-17)10-19(3-1)23-14-16-4-7-18-12-20-8-9-22(18)13-16/h1-3,10,16-18,20-21H,4-9,11-14H2/t16-,18-/m0/s1. The van der Waals surface area contributed by atoms with Crippen molar-refractivity contribution in [1.29, 1.82) is 0 Å². The molecule has 23 heavy (non-hydrogen) atoms. The SMILES string of the molecule is c1cc(CNC2CC2)cc(OC[C@H]2CC[C@H]3CNCCN3C2)c1. The molecule has 1 saturated carbocycles. The number of nitrogens with one attached hydrogen (secondary N) is 2. The van der Waals surface area contributed by atoms with Crippen LogP contribution in [0.25, 0.3) is 0 Å². The van der Waals surface area contributed by atoms with Crippen molar-refractivity contribution in [1.82, 2.24) is 15.5 Å². The van der Waals surface area contributed by atoms with Crippen LogP contribution in [0.1, 0.15) is 31.2 Å². The first-order chi connectivity index (χ1) is 11.4. The fourth-order valence-corrected chi connectivity index (χ4v) is 3.82. The fourth-order valence-electron chi connectivity index (χ4n) is 3.82. The van der Waals surface area contributed by atoms with Crippen molar-refractivity contribution in [2.75, 3.05) is 32.8 Å². The second-order valence-electron chi connectivity index (χ2n) is 7.41. The summed E-state index contributed by atoms with van der Waals surface area (Å²) in [6.45, 7) is 6.53. The van der Waals surface area contributed by atoms with Gasteiger partial charge in [-0.25, -0.2) is 0 Å². The maximum atomic E-state index is 6.12. The van der Waals surface area contributed by atoms with Gasteiger partial charge in [0.05, 0.1) is 6.61 Å². The minimum absolute atomic E-state index is 0.678. The van der Waals surface area contributed by atoms with Crippen LogP contribution in [0.4, 0.5) is 0 Å². The number of hydrogen-bond acceptors (Lipinski definition) is 4. The first kappa shape index (κ1) is 15.4. The maximum absolute atomic E-state index is 6.12. The van der Waals surface area contributed by atoms with E-state index in [1.54, 1.807) is 0 Å². The molecule has 2 saturated heterocycles. The molecule has 0 aromatic heterocycles. The molecule has 4 heteroatoms. The monoisotopic (exact) mass is 315 g/mol. The number of hydrogen-bond donors (Lipinski definition) is 2. The minimum Gasteiger partial charge on any atom is -0.493 e. The number of nitrogens with zero attached hydrogens (tertiary/aromatic N) is 1. The lowest BCUT2D eigenvalue weighted by molar-refractivity contribution is 0.0649. The van der Waals surface area contributed by atoms with Crippen LogP contribution in [-0.4, -0.2) is 49.8 Å². The Hall–Kier alpha value is -1.10. The van der Waals surface area contributed by atoms with Gasteiger partial charge >= 0.3 is 0 Å². The topological polar surface area (TPSA) is 36.5 Å². The molecular weight excluding hydrogens is 286 g/mol. The zero-order chi connectivity index (χ0) is 15.5. The highest BCUT2D eigenvalue weighted by Gasteiger charge is 2.30. The van der Waals surface area contributed by atoms with E-state index in [1.165, 1.54) is 50.9 Å². The van der Waals surface area contributed by atoms with Crippen LogP contribution in [0.5, 0.6) is 5.75 Å². The van der Waals surface area contributed by atoms with Gasteiger partial charge in [-0.05, 0) is 43.4 Å². The highest BCUT2D eigenvalue weighted by Crippen LogP contribution is 2.24. The molecule has 0 bridgehead atoms. The van der Waals surface area contributed by atoms with Crippen LogP contribution >= 0.6 is 0 Å². The van der Waals surface area contributed by atoms with Crippen molar-refractivity contribution in [3.8, 4) is 5.75 Å². The summed E-state index contributed by atoms with van der Waals surface area (Å²) in [5.74, 6) is 1.71. The van der Waals surface area contributed by atoms with Gasteiger partial charge in [0.1, 0.15) is 5.75 Å². The van der Waals surface area contributed by atoms with E-state index in [2.05, 4.69) is 39.8 Å². The molecule has 4 rings (SSSR count). The smallest absolute Gasteiger partial charge is 0.119 e. The third-order valence-electron chi connectivity index (χ3n) is 5.43. The molecule has 2 heterocycles. The Morgan fingerprint density at radius 1 is 1.22 bits per heavy atom. The summed E-state index contributed by atoms with van der Waals surface area (Å²) in [6.07, 6.45) is 5.29. The normalized spacial score (nSPS) is 28.3. The van der Waals surface area contributed by atoms with Crippen LogP contribution in [0.2, 0.25) is 0 Å². The van der Waals surface area contributed by atoms with Crippen molar-refractivity contribution in [3.63, 3.8) is 0 Å². The third kappa shape index (κ3) is 4.25. The summed E-state index contributed by atoms with van der Waals surface area (Å²) < 4.78 is 6.12. The first-order valence-electron chi connectivity index (χ1n) is 9.27. The summed E-state index contributed by atoms with van der Waals surface area (Å²) >= 11 is 0. The Bertz CT molecular complexity index is 517. The molecule has 2 atom stereocenters. The molecular formula is C19H29N3O. The van der Waals surface area contributed by atoms with Gasteiger partial charge in [0.15, 0.2) is 0 Å². The van der Waals surface area contributed by atoms with E-state index in [4.69, 9.17) is 4.74 Å². The number of benzene rings is 1. The molecule has 2 aliphatic heterocycles. The minimum atomic E-state index is 0.678. The quantitative estimate of drug-likeness (QED) is 0.842. The molecule has 0 spiro atoms. The Balaban J connectivity index is 1.26. The van der Waals surface area contributed by atoms with Gasteiger partial charge < -0.3 is 15.4 Å². The van der Waals surface area contributed by atoms with E-state index in [0.29, 0.717) is 5.92 Å². The second-order valence-corrected chi connectivity index (χ2v) is 7.41. The van der Waals surface area contributed by atoms with E-state index in [-0.39, 0.29) is 0 Å². The van der Waals surface area contributed by atoms with E-state index >= 15 is 0 Å². The Morgan fingerprint density at radius 2 is 2.17 bits per heavy atom. The summed E-state index contributed by atoms with van der Waals surface area (Å²) in [5, 5.41) is 7.08. The highest BCUT2D eigenvalue weighted by molar-refractivity contribution is 5.28. The predicted molar refractivity (Wildman–Crippen MR) is 92.8 cm³/mol. The lowest BCUT2D eigenvalue weighted by Gasteiger charge is -2.42. The van der Waals surface area contributed by atoms with Gasteiger partial charge in [-0.2, -0.15) is 0 Å². The Labute approximate surface area is 139 Å². The van der Waals surface area contributed by atoms with Gasteiger partial charge in [-0.1, -0.05) is 12.1 Å². The fraction of sp³-hybridized carbons (Fsp3) is 0.684. The molecule has 0 amide bonds. The van der Waals surface area contributed by atoms with Gasteiger partial charge in [-0.3, -0.25) is 4.90 Å². The van der Waals surface area contributed by atoms with Crippen molar-refractivity contribution in [2.45, 2.75) is 44.3 Å². The Morgan fingerprint density at radius 3 is 3.09 bits per heavy atom. The molecule has 4 nitrogen and oxygen atoms in total. The van der Waals surface area contributed by atoms with E-state index in [0.717, 1.165) is 37.5 Å². The van der Waals surface area contributed by atoms with Crippen LogP contribution < -0.4 is 15.4 Å². The highest BCUT2D eigenvalue weighted by atomic mass is 16.5. The molecule has 1 aliphatic carbocycles. The van der Waals surface area contributed by atoms with E-state index in [9.17, 15) is 0 Å². The summed E-state index contributed by atoms with van der Waals surface area (Å²) in [7, 11) is 0. The zero-order valence-electron chi connectivity index (χ0n) is 14.0. The van der Waals surface area contributed by atoms with Crippen molar-refractivity contribution >= 4 is 0 Å². The summed E-state index contributed by atoms with van der Waals surface area (Å²) in [6, 6.07) is 10.1. The summed E-state index contributed by atoms with van der Waals surface area (Å²) in [4.78, 5) is 2.66. The molecule has 3 aliphatic rings. The van der Waals surface area contributed by atoms with E-state index in [1.807, 2.05) is 0 Å². The molecule has 2 N–H and O–H groups in total. The number of ether oxygens (including phenoxy) is 1. The van der Waals surface area contributed by atoms with Gasteiger partial charge in [0.2, 0.25) is 0 Å². The number of rotatable bonds is 6. The first-order valence-corrected chi connectivity index (χ1v) is 9.27. The molecule has 0 unspecified atom stereocenters. The van der Waals surface area contributed by atoms with Crippen LogP contribution in [-0.2, 0) is 6.54 Å². The molecule has 1 aromatic rings. The number of fused-ring (bicyclic) bond motifs is 1.